The van der Waals surface area contributed by atoms with E-state index in [2.05, 4.69) is 57.7 Å². The molecule has 0 amide bonds. The molecule has 0 spiro atoms. The minimum atomic E-state index is 0.693. The van der Waals surface area contributed by atoms with Gasteiger partial charge in [0.15, 0.2) is 0 Å². The number of imidazole rings is 1. The van der Waals surface area contributed by atoms with Gasteiger partial charge in [-0.15, -0.1) is 0 Å². The van der Waals surface area contributed by atoms with Gasteiger partial charge in [-0.1, -0.05) is 41.9 Å². The molecule has 0 aliphatic carbocycles. The van der Waals surface area contributed by atoms with Crippen molar-refractivity contribution in [3.8, 4) is 11.3 Å². The number of halogens is 2. The summed E-state index contributed by atoms with van der Waals surface area (Å²) >= 11 is 9.78. The minimum absolute atomic E-state index is 0.693. The summed E-state index contributed by atoms with van der Waals surface area (Å²) in [5.74, 6) is 0.918. The quantitative estimate of drug-likeness (QED) is 0.391. The summed E-state index contributed by atoms with van der Waals surface area (Å²) < 4.78 is 3.05. The van der Waals surface area contributed by atoms with Crippen LogP contribution in [0.15, 0.2) is 65.3 Å². The van der Waals surface area contributed by atoms with Crippen molar-refractivity contribution in [2.24, 2.45) is 0 Å². The Morgan fingerprint density at radius 3 is 2.46 bits per heavy atom. The molecule has 4 aromatic rings. The Kier molecular flexibility index (Phi) is 4.47. The molecular weight excluding hydrogens is 410 g/mol. The van der Waals surface area contributed by atoms with Gasteiger partial charge in [-0.2, -0.15) is 0 Å². The Hall–Kier alpha value is -2.30. The van der Waals surface area contributed by atoms with Gasteiger partial charge in [0.1, 0.15) is 17.2 Å². The summed E-state index contributed by atoms with van der Waals surface area (Å²) in [6.07, 6.45) is 2.02. The summed E-state index contributed by atoms with van der Waals surface area (Å²) in [5, 5.41) is 4.31. The lowest BCUT2D eigenvalue weighted by atomic mass is 10.1. The van der Waals surface area contributed by atoms with Gasteiger partial charge in [0.2, 0.25) is 0 Å². The van der Waals surface area contributed by atoms with Gasteiger partial charge in [-0.05, 0) is 65.2 Å². The van der Waals surface area contributed by atoms with E-state index in [1.165, 1.54) is 11.1 Å². The summed E-state index contributed by atoms with van der Waals surface area (Å²) in [6, 6.07) is 18.0. The van der Waals surface area contributed by atoms with Crippen LogP contribution in [-0.2, 0) is 0 Å². The van der Waals surface area contributed by atoms with Crippen molar-refractivity contribution in [2.45, 2.75) is 13.8 Å². The number of anilines is 2. The number of hydrogen-bond acceptors (Lipinski definition) is 2. The van der Waals surface area contributed by atoms with Crippen molar-refractivity contribution < 1.29 is 0 Å². The lowest BCUT2D eigenvalue weighted by molar-refractivity contribution is 1.17. The van der Waals surface area contributed by atoms with E-state index in [1.807, 2.05) is 42.6 Å². The van der Waals surface area contributed by atoms with Crippen LogP contribution in [0.4, 0.5) is 11.5 Å². The van der Waals surface area contributed by atoms with E-state index in [9.17, 15) is 0 Å². The van der Waals surface area contributed by atoms with Crippen molar-refractivity contribution in [1.82, 2.24) is 9.38 Å². The highest BCUT2D eigenvalue weighted by Gasteiger charge is 2.16. The third-order valence-corrected chi connectivity index (χ3v) is 5.11. The second-order valence-electron chi connectivity index (χ2n) is 6.29. The van der Waals surface area contributed by atoms with Crippen LogP contribution in [0.25, 0.3) is 16.9 Å². The predicted octanol–water partition coefficient (Wildman–Crippen LogP) is 6.78. The summed E-state index contributed by atoms with van der Waals surface area (Å²) in [7, 11) is 0. The first-order valence-electron chi connectivity index (χ1n) is 8.30. The molecule has 2 aromatic carbocycles. The molecule has 0 bridgehead atoms. The molecule has 0 saturated heterocycles. The van der Waals surface area contributed by atoms with E-state index >= 15 is 0 Å². The van der Waals surface area contributed by atoms with Crippen LogP contribution in [-0.4, -0.2) is 9.38 Å². The van der Waals surface area contributed by atoms with Crippen molar-refractivity contribution in [3.05, 3.63) is 81.4 Å². The zero-order valence-corrected chi connectivity index (χ0v) is 16.8. The molecule has 2 aromatic heterocycles. The number of nitrogens with zero attached hydrogens (tertiary/aromatic N) is 2. The second kappa shape index (κ2) is 6.78. The van der Waals surface area contributed by atoms with Gasteiger partial charge in [0.05, 0.1) is 0 Å². The molecule has 0 saturated carbocycles. The van der Waals surface area contributed by atoms with Crippen LogP contribution in [0.3, 0.4) is 0 Å². The van der Waals surface area contributed by atoms with Crippen molar-refractivity contribution >= 4 is 44.7 Å². The molecule has 0 radical (unpaired) electrons. The molecule has 0 aliphatic rings. The first-order chi connectivity index (χ1) is 12.5. The molecule has 0 atom stereocenters. The highest BCUT2D eigenvalue weighted by atomic mass is 79.9. The average Bonchev–Trinajstić information content (AvgIpc) is 2.96. The van der Waals surface area contributed by atoms with Gasteiger partial charge in [-0.25, -0.2) is 4.98 Å². The highest BCUT2D eigenvalue weighted by molar-refractivity contribution is 9.10. The fourth-order valence-electron chi connectivity index (χ4n) is 3.11. The number of nitrogens with one attached hydrogen (secondary N) is 1. The molecule has 130 valence electrons. The fourth-order valence-corrected chi connectivity index (χ4v) is 3.63. The largest absolute Gasteiger partial charge is 0.339 e. The van der Waals surface area contributed by atoms with Crippen molar-refractivity contribution in [2.75, 3.05) is 5.32 Å². The maximum atomic E-state index is 6.22. The third kappa shape index (κ3) is 3.11. The van der Waals surface area contributed by atoms with Crippen LogP contribution in [0.2, 0.25) is 5.02 Å². The smallest absolute Gasteiger partial charge is 0.143 e. The molecule has 0 fully saturated rings. The number of hydrogen-bond donors (Lipinski definition) is 1. The number of benzene rings is 2. The number of para-hydroxylation sites is 1. The average molecular weight is 427 g/mol. The van der Waals surface area contributed by atoms with Crippen molar-refractivity contribution in [3.63, 3.8) is 0 Å². The van der Waals surface area contributed by atoms with E-state index in [-0.39, 0.29) is 0 Å². The van der Waals surface area contributed by atoms with E-state index in [4.69, 9.17) is 16.6 Å². The van der Waals surface area contributed by atoms with Crippen molar-refractivity contribution in [1.29, 1.82) is 0 Å². The number of pyridine rings is 1. The van der Waals surface area contributed by atoms with E-state index in [0.29, 0.717) is 5.02 Å². The Morgan fingerprint density at radius 2 is 1.73 bits per heavy atom. The van der Waals surface area contributed by atoms with Crippen LogP contribution in [0, 0.1) is 13.8 Å². The number of aryl methyl sites for hydroxylation is 2. The number of aromatic nitrogens is 2. The van der Waals surface area contributed by atoms with E-state index in [1.54, 1.807) is 0 Å². The van der Waals surface area contributed by atoms with E-state index < -0.39 is 0 Å². The van der Waals surface area contributed by atoms with Crippen LogP contribution in [0.5, 0.6) is 0 Å². The molecule has 26 heavy (non-hydrogen) atoms. The molecular formula is C21H17BrClN3. The molecule has 1 N–H and O–H groups in total. The Balaban J connectivity index is 1.96. The van der Waals surface area contributed by atoms with Crippen LogP contribution in [0.1, 0.15) is 11.1 Å². The highest BCUT2D eigenvalue weighted by Crippen LogP contribution is 2.34. The monoisotopic (exact) mass is 425 g/mol. The SMILES string of the molecule is Cc1cccc(C)c1Nc1c(-c2cccc(Cl)c2)nc2ccc(Br)cn12. The molecule has 0 unspecified atom stereocenters. The summed E-state index contributed by atoms with van der Waals surface area (Å²) in [6.45, 7) is 4.21. The van der Waals surface area contributed by atoms with Crippen LogP contribution < -0.4 is 5.32 Å². The predicted molar refractivity (Wildman–Crippen MR) is 113 cm³/mol. The summed E-state index contributed by atoms with van der Waals surface area (Å²) in [4.78, 5) is 4.84. The molecule has 5 heteroatoms. The molecule has 0 aliphatic heterocycles. The number of fused-ring (bicyclic) bond motifs is 1. The normalized spacial score (nSPS) is 11.1. The maximum Gasteiger partial charge on any atom is 0.143 e. The Bertz CT molecular complexity index is 1100. The van der Waals surface area contributed by atoms with E-state index in [0.717, 1.165) is 32.9 Å². The summed E-state index contributed by atoms with van der Waals surface area (Å²) in [5.41, 5.74) is 6.19. The van der Waals surface area contributed by atoms with Gasteiger partial charge in [0, 0.05) is 26.9 Å². The molecule has 4 rings (SSSR count). The zero-order chi connectivity index (χ0) is 18.3. The second-order valence-corrected chi connectivity index (χ2v) is 7.64. The molecule has 3 nitrogen and oxygen atoms in total. The lowest BCUT2D eigenvalue weighted by Gasteiger charge is -2.14. The Morgan fingerprint density at radius 1 is 1.00 bits per heavy atom. The minimum Gasteiger partial charge on any atom is -0.339 e. The van der Waals surface area contributed by atoms with Gasteiger partial charge < -0.3 is 5.32 Å². The standard InChI is InChI=1S/C21H17BrClN3/c1-13-5-3-6-14(2)19(13)25-21-20(15-7-4-8-17(23)11-15)24-18-10-9-16(22)12-26(18)21/h3-12,25H,1-2H3. The third-order valence-electron chi connectivity index (χ3n) is 4.41. The maximum absolute atomic E-state index is 6.22. The topological polar surface area (TPSA) is 29.3 Å². The van der Waals surface area contributed by atoms with Gasteiger partial charge in [0.25, 0.3) is 0 Å². The lowest BCUT2D eigenvalue weighted by Crippen LogP contribution is -2.00. The first-order valence-corrected chi connectivity index (χ1v) is 9.47. The number of rotatable bonds is 3. The first kappa shape index (κ1) is 17.1. The fraction of sp³-hybridized carbons (Fsp3) is 0.0952. The Labute approximate surface area is 165 Å². The van der Waals surface area contributed by atoms with Gasteiger partial charge >= 0.3 is 0 Å². The van der Waals surface area contributed by atoms with Crippen LogP contribution >= 0.6 is 27.5 Å². The van der Waals surface area contributed by atoms with Gasteiger partial charge in [-0.3, -0.25) is 4.40 Å². The zero-order valence-electron chi connectivity index (χ0n) is 14.4. The molecule has 2 heterocycles.